The average molecular weight is 314 g/mol. The van der Waals surface area contributed by atoms with Crippen molar-refractivity contribution in [1.82, 2.24) is 0 Å². The van der Waals surface area contributed by atoms with Crippen LogP contribution in [0.25, 0.3) is 11.3 Å². The minimum absolute atomic E-state index is 0.0300. The fourth-order valence-electron chi connectivity index (χ4n) is 3.11. The van der Waals surface area contributed by atoms with Crippen molar-refractivity contribution in [2.45, 2.75) is 66.1 Å². The molecule has 0 bridgehead atoms. The fourth-order valence-corrected chi connectivity index (χ4v) is 3.11. The smallest absolute Gasteiger partial charge is 0.201 e. The molecule has 0 atom stereocenters. The van der Waals surface area contributed by atoms with E-state index in [9.17, 15) is 0 Å². The number of pyridine rings is 1. The van der Waals surface area contributed by atoms with Crippen molar-refractivity contribution in [3.05, 3.63) is 52.7 Å². The number of hydrogen-bond donors (Lipinski definition) is 0. The lowest BCUT2D eigenvalue weighted by molar-refractivity contribution is -0.660. The Morgan fingerprint density at radius 2 is 1.48 bits per heavy atom. The van der Waals surface area contributed by atoms with Crippen LogP contribution in [0.1, 0.15) is 67.9 Å². The molecule has 0 saturated heterocycles. The third-order valence-electron chi connectivity index (χ3n) is 4.39. The molecular formula is C22H32N+. The molecule has 0 aliphatic carbocycles. The van der Waals surface area contributed by atoms with Gasteiger partial charge in [0.15, 0.2) is 6.20 Å². The summed E-state index contributed by atoms with van der Waals surface area (Å²) in [4.78, 5) is 0. The summed E-state index contributed by atoms with van der Waals surface area (Å²) >= 11 is 0. The third kappa shape index (κ3) is 3.65. The molecular weight excluding hydrogens is 278 g/mol. The predicted octanol–water partition coefficient (Wildman–Crippen LogP) is 5.39. The quantitative estimate of drug-likeness (QED) is 0.621. The molecule has 1 nitrogen and oxygen atoms in total. The van der Waals surface area contributed by atoms with E-state index in [0.717, 1.165) is 11.3 Å². The van der Waals surface area contributed by atoms with Crippen molar-refractivity contribution in [2.24, 2.45) is 7.05 Å². The molecule has 2 aromatic rings. The van der Waals surface area contributed by atoms with Crippen molar-refractivity contribution < 1.29 is 8.68 Å². The van der Waals surface area contributed by atoms with E-state index in [1.54, 1.807) is 12.3 Å². The van der Waals surface area contributed by atoms with Gasteiger partial charge in [0, 0.05) is 21.3 Å². The molecule has 0 amide bonds. The van der Waals surface area contributed by atoms with Gasteiger partial charge in [0.1, 0.15) is 7.05 Å². The standard InChI is InChI=1S/C22H32N/c1-15-10-11-20(23(9)14-15)17-13-19(22(6,7)8)18(12-16(17)2)21(3,4)5/h10-14H,1-9H3/q+1/i1D3. The van der Waals surface area contributed by atoms with Crippen LogP contribution in [0.3, 0.4) is 0 Å². The second-order valence-electron chi connectivity index (χ2n) is 8.63. The minimum Gasteiger partial charge on any atom is -0.201 e. The summed E-state index contributed by atoms with van der Waals surface area (Å²) in [6, 6.07) is 8.23. The Balaban J connectivity index is 2.72. The largest absolute Gasteiger partial charge is 0.212 e. The second-order valence-corrected chi connectivity index (χ2v) is 8.63. The highest BCUT2D eigenvalue weighted by atomic mass is 14.9. The summed E-state index contributed by atoms with van der Waals surface area (Å²) < 4.78 is 24.8. The van der Waals surface area contributed by atoms with Crippen LogP contribution in [-0.4, -0.2) is 0 Å². The van der Waals surface area contributed by atoms with Crippen molar-refractivity contribution in [1.29, 1.82) is 0 Å². The first-order chi connectivity index (χ1) is 11.6. The van der Waals surface area contributed by atoms with Gasteiger partial charge in [-0.3, -0.25) is 0 Å². The molecule has 23 heavy (non-hydrogen) atoms. The minimum atomic E-state index is -2.09. The average Bonchev–Trinajstić information content (AvgIpc) is 2.44. The lowest BCUT2D eigenvalue weighted by Crippen LogP contribution is -2.31. The van der Waals surface area contributed by atoms with Gasteiger partial charge in [-0.15, -0.1) is 0 Å². The zero-order valence-corrected chi connectivity index (χ0v) is 15.8. The molecule has 0 fully saturated rings. The Hall–Kier alpha value is -1.63. The number of benzene rings is 1. The van der Waals surface area contributed by atoms with E-state index in [0.29, 0.717) is 5.56 Å². The van der Waals surface area contributed by atoms with Crippen LogP contribution in [-0.2, 0) is 17.9 Å². The highest BCUT2D eigenvalue weighted by Crippen LogP contribution is 2.37. The van der Waals surface area contributed by atoms with E-state index in [4.69, 9.17) is 4.11 Å². The van der Waals surface area contributed by atoms with Crippen LogP contribution >= 0.6 is 0 Å². The van der Waals surface area contributed by atoms with Crippen LogP contribution in [0.5, 0.6) is 0 Å². The molecule has 0 aliphatic heterocycles. The normalized spacial score (nSPS) is 15.0. The molecule has 0 radical (unpaired) electrons. The monoisotopic (exact) mass is 313 g/mol. The van der Waals surface area contributed by atoms with Crippen LogP contribution in [0.2, 0.25) is 0 Å². The van der Waals surface area contributed by atoms with E-state index >= 15 is 0 Å². The van der Waals surface area contributed by atoms with E-state index < -0.39 is 6.85 Å². The van der Waals surface area contributed by atoms with E-state index in [1.807, 2.05) is 17.7 Å². The Labute approximate surface area is 146 Å². The Bertz CT molecular complexity index is 819. The number of rotatable bonds is 1. The third-order valence-corrected chi connectivity index (χ3v) is 4.39. The Morgan fingerprint density at radius 3 is 1.96 bits per heavy atom. The zero-order chi connectivity index (χ0) is 20.1. The maximum atomic E-state index is 7.62. The molecule has 0 saturated carbocycles. The summed E-state index contributed by atoms with van der Waals surface area (Å²) in [7, 11) is 1.92. The summed E-state index contributed by atoms with van der Waals surface area (Å²) in [6.07, 6.45) is 1.72. The van der Waals surface area contributed by atoms with Crippen molar-refractivity contribution in [3.63, 3.8) is 0 Å². The number of nitrogens with zero attached hydrogens (tertiary/aromatic N) is 1. The molecule has 1 heterocycles. The van der Waals surface area contributed by atoms with Gasteiger partial charge in [0.25, 0.3) is 0 Å². The molecule has 1 aromatic carbocycles. The summed E-state index contributed by atoms with van der Waals surface area (Å²) in [6.45, 7) is 13.5. The van der Waals surface area contributed by atoms with Crippen molar-refractivity contribution in [3.8, 4) is 11.3 Å². The van der Waals surface area contributed by atoms with Crippen molar-refractivity contribution >= 4 is 0 Å². The lowest BCUT2D eigenvalue weighted by atomic mass is 9.73. The van der Waals surface area contributed by atoms with Crippen LogP contribution in [0, 0.1) is 13.8 Å². The first-order valence-electron chi connectivity index (χ1n) is 9.78. The summed E-state index contributed by atoms with van der Waals surface area (Å²) in [5, 5.41) is 0. The van der Waals surface area contributed by atoms with Crippen LogP contribution in [0.4, 0.5) is 0 Å². The maximum Gasteiger partial charge on any atom is 0.212 e. The van der Waals surface area contributed by atoms with Crippen LogP contribution < -0.4 is 4.57 Å². The molecule has 1 aromatic heterocycles. The van der Waals surface area contributed by atoms with E-state index in [1.165, 1.54) is 16.7 Å². The highest BCUT2D eigenvalue weighted by Gasteiger charge is 2.27. The zero-order valence-electron chi connectivity index (χ0n) is 18.8. The first-order valence-corrected chi connectivity index (χ1v) is 8.28. The van der Waals surface area contributed by atoms with Gasteiger partial charge < -0.3 is 0 Å². The van der Waals surface area contributed by atoms with E-state index in [2.05, 4.69) is 60.6 Å². The van der Waals surface area contributed by atoms with Gasteiger partial charge in [-0.25, -0.2) is 4.57 Å². The molecule has 1 heteroatoms. The van der Waals surface area contributed by atoms with E-state index in [-0.39, 0.29) is 10.8 Å². The molecule has 0 N–H and O–H groups in total. The molecule has 0 spiro atoms. The summed E-state index contributed by atoms with van der Waals surface area (Å²) in [5.74, 6) is 0. The topological polar surface area (TPSA) is 3.88 Å². The highest BCUT2D eigenvalue weighted by molar-refractivity contribution is 5.65. The number of aryl methyl sites for hydroxylation is 3. The molecule has 0 unspecified atom stereocenters. The van der Waals surface area contributed by atoms with Crippen LogP contribution in [0.15, 0.2) is 30.5 Å². The lowest BCUT2D eigenvalue weighted by Gasteiger charge is -2.31. The number of aromatic nitrogens is 1. The predicted molar refractivity (Wildman–Crippen MR) is 99.9 cm³/mol. The van der Waals surface area contributed by atoms with Gasteiger partial charge in [-0.2, -0.15) is 0 Å². The maximum absolute atomic E-state index is 7.62. The molecule has 0 aliphatic rings. The molecule has 2 rings (SSSR count). The second kappa shape index (κ2) is 5.78. The van der Waals surface area contributed by atoms with Gasteiger partial charge in [-0.05, 0) is 53.4 Å². The van der Waals surface area contributed by atoms with Crippen molar-refractivity contribution in [2.75, 3.05) is 0 Å². The number of hydrogen-bond acceptors (Lipinski definition) is 0. The fraction of sp³-hybridized carbons (Fsp3) is 0.500. The van der Waals surface area contributed by atoms with Gasteiger partial charge in [0.05, 0.1) is 0 Å². The SMILES string of the molecule is [2H]C([2H])([2H])c1ccc(-c2cc(C(C)(C)C)c(C(C)(C)C)cc2C)[n+](C)c1. The Kier molecular flexibility index (Phi) is 3.46. The van der Waals surface area contributed by atoms with Gasteiger partial charge in [0.2, 0.25) is 5.69 Å². The summed E-state index contributed by atoms with van der Waals surface area (Å²) in [5.41, 5.74) is 6.56. The first kappa shape index (κ1) is 13.8. The molecule has 124 valence electrons. The van der Waals surface area contributed by atoms with Gasteiger partial charge in [-0.1, -0.05) is 47.6 Å². The Morgan fingerprint density at radius 1 is 0.913 bits per heavy atom. The van der Waals surface area contributed by atoms with Gasteiger partial charge >= 0.3 is 0 Å².